The summed E-state index contributed by atoms with van der Waals surface area (Å²) in [4.78, 5) is 49.0. The monoisotopic (exact) mass is 330 g/mol. The van der Waals surface area contributed by atoms with Crippen LogP contribution in [0.2, 0.25) is 0 Å². The van der Waals surface area contributed by atoms with E-state index in [1.807, 2.05) is 0 Å². The number of rotatable bonds is 5. The van der Waals surface area contributed by atoms with Gasteiger partial charge in [-0.25, -0.2) is 4.79 Å². The number of benzene rings is 1. The third kappa shape index (κ3) is 2.66. The Kier molecular flexibility index (Phi) is 4.09. The average molecular weight is 330 g/mol. The van der Waals surface area contributed by atoms with Crippen LogP contribution in [-0.4, -0.2) is 45.8 Å². The van der Waals surface area contributed by atoms with Crippen molar-refractivity contribution >= 4 is 23.7 Å². The number of carbonyl (C=O) groups excluding carboxylic acids is 3. The molecular weight excluding hydrogens is 312 g/mol. The van der Waals surface area contributed by atoms with Crippen LogP contribution in [0.5, 0.6) is 0 Å². The molecule has 1 aromatic rings. The molecule has 126 valence electrons. The van der Waals surface area contributed by atoms with Gasteiger partial charge < -0.3 is 10.4 Å². The molecule has 0 unspecified atom stereocenters. The Morgan fingerprint density at radius 1 is 1.08 bits per heavy atom. The lowest BCUT2D eigenvalue weighted by atomic mass is 9.97. The van der Waals surface area contributed by atoms with Gasteiger partial charge in [0.25, 0.3) is 11.8 Å². The summed E-state index contributed by atoms with van der Waals surface area (Å²) >= 11 is 0. The number of carboxylic acid groups (broad SMARTS) is 1. The average Bonchev–Trinajstić information content (AvgIpc) is 3.12. The Bertz CT molecular complexity index is 686. The number of carbonyl (C=O) groups is 4. The van der Waals surface area contributed by atoms with E-state index in [0.29, 0.717) is 24.0 Å². The molecule has 1 saturated carbocycles. The SMILES string of the molecule is O=C(CCN1C(=O)c2ccccc2C1=O)NC1(C(=O)O)CCCC1. The van der Waals surface area contributed by atoms with Crippen molar-refractivity contribution in [2.45, 2.75) is 37.6 Å². The van der Waals surface area contributed by atoms with Crippen molar-refractivity contribution in [3.8, 4) is 0 Å². The van der Waals surface area contributed by atoms with E-state index in [9.17, 15) is 24.3 Å². The Morgan fingerprint density at radius 2 is 1.62 bits per heavy atom. The predicted octanol–water partition coefficient (Wildman–Crippen LogP) is 1.19. The molecule has 3 rings (SSSR count). The highest BCUT2D eigenvalue weighted by atomic mass is 16.4. The number of fused-ring (bicyclic) bond motifs is 1. The predicted molar refractivity (Wildman–Crippen MR) is 83.4 cm³/mol. The number of hydrogen-bond acceptors (Lipinski definition) is 4. The fourth-order valence-corrected chi connectivity index (χ4v) is 3.36. The Balaban J connectivity index is 1.62. The van der Waals surface area contributed by atoms with Gasteiger partial charge in [-0.3, -0.25) is 19.3 Å². The van der Waals surface area contributed by atoms with Crippen molar-refractivity contribution in [2.24, 2.45) is 0 Å². The summed E-state index contributed by atoms with van der Waals surface area (Å²) in [5.74, 6) is -2.33. The molecule has 7 nitrogen and oxygen atoms in total. The topological polar surface area (TPSA) is 104 Å². The van der Waals surface area contributed by atoms with Crippen LogP contribution in [0.4, 0.5) is 0 Å². The van der Waals surface area contributed by atoms with Crippen LogP contribution in [0.15, 0.2) is 24.3 Å². The Labute approximate surface area is 138 Å². The molecule has 0 aromatic heterocycles. The number of amides is 3. The van der Waals surface area contributed by atoms with Crippen LogP contribution >= 0.6 is 0 Å². The molecule has 0 spiro atoms. The van der Waals surface area contributed by atoms with E-state index in [1.165, 1.54) is 0 Å². The number of nitrogens with zero attached hydrogens (tertiary/aromatic N) is 1. The number of carboxylic acids is 1. The first kappa shape index (κ1) is 16.2. The van der Waals surface area contributed by atoms with Crippen LogP contribution < -0.4 is 5.32 Å². The molecule has 2 N–H and O–H groups in total. The van der Waals surface area contributed by atoms with Gasteiger partial charge in [-0.15, -0.1) is 0 Å². The number of hydrogen-bond donors (Lipinski definition) is 2. The van der Waals surface area contributed by atoms with Crippen molar-refractivity contribution in [3.63, 3.8) is 0 Å². The zero-order valence-corrected chi connectivity index (χ0v) is 13.1. The van der Waals surface area contributed by atoms with E-state index < -0.39 is 29.2 Å². The zero-order valence-electron chi connectivity index (χ0n) is 13.1. The molecule has 1 fully saturated rings. The normalized spacial score (nSPS) is 18.6. The minimum atomic E-state index is -1.21. The molecule has 1 heterocycles. The fourth-order valence-electron chi connectivity index (χ4n) is 3.36. The molecule has 3 amide bonds. The smallest absolute Gasteiger partial charge is 0.329 e. The van der Waals surface area contributed by atoms with Gasteiger partial charge in [0.15, 0.2) is 0 Å². The summed E-state index contributed by atoms with van der Waals surface area (Å²) in [6.45, 7) is -0.0616. The third-order valence-corrected chi connectivity index (χ3v) is 4.69. The molecule has 24 heavy (non-hydrogen) atoms. The van der Waals surface area contributed by atoms with Crippen molar-refractivity contribution < 1.29 is 24.3 Å². The minimum Gasteiger partial charge on any atom is -0.480 e. The van der Waals surface area contributed by atoms with Crippen LogP contribution in [0.1, 0.15) is 52.8 Å². The lowest BCUT2D eigenvalue weighted by Gasteiger charge is -2.25. The van der Waals surface area contributed by atoms with Gasteiger partial charge in [-0.1, -0.05) is 25.0 Å². The highest BCUT2D eigenvalue weighted by molar-refractivity contribution is 6.21. The van der Waals surface area contributed by atoms with Gasteiger partial charge in [0.2, 0.25) is 5.91 Å². The maximum atomic E-state index is 12.2. The van der Waals surface area contributed by atoms with E-state index >= 15 is 0 Å². The third-order valence-electron chi connectivity index (χ3n) is 4.69. The summed E-state index contributed by atoms with van der Waals surface area (Å²) in [7, 11) is 0. The quantitative estimate of drug-likeness (QED) is 0.789. The molecule has 2 aliphatic rings. The second kappa shape index (κ2) is 6.07. The van der Waals surface area contributed by atoms with Crippen LogP contribution in [-0.2, 0) is 9.59 Å². The van der Waals surface area contributed by atoms with Crippen molar-refractivity contribution in [1.29, 1.82) is 0 Å². The van der Waals surface area contributed by atoms with E-state index in [1.54, 1.807) is 24.3 Å². The summed E-state index contributed by atoms with van der Waals surface area (Å²) < 4.78 is 0. The summed E-state index contributed by atoms with van der Waals surface area (Å²) in [5.41, 5.74) is -0.541. The Morgan fingerprint density at radius 3 is 2.12 bits per heavy atom. The molecule has 7 heteroatoms. The molecule has 0 saturated heterocycles. The second-order valence-electron chi connectivity index (χ2n) is 6.20. The molecule has 0 atom stereocenters. The zero-order chi connectivity index (χ0) is 17.3. The maximum absolute atomic E-state index is 12.2. The van der Waals surface area contributed by atoms with E-state index in [4.69, 9.17) is 0 Å². The van der Waals surface area contributed by atoms with Gasteiger partial charge in [-0.05, 0) is 25.0 Å². The fraction of sp³-hybridized carbons (Fsp3) is 0.412. The van der Waals surface area contributed by atoms with Gasteiger partial charge in [-0.2, -0.15) is 0 Å². The molecule has 0 bridgehead atoms. The largest absolute Gasteiger partial charge is 0.480 e. The van der Waals surface area contributed by atoms with Gasteiger partial charge in [0.05, 0.1) is 11.1 Å². The van der Waals surface area contributed by atoms with Gasteiger partial charge in [0, 0.05) is 13.0 Å². The molecular formula is C17H18N2O5. The summed E-state index contributed by atoms with van der Waals surface area (Å²) in [5, 5.41) is 11.9. The molecule has 0 radical (unpaired) electrons. The molecule has 1 aliphatic heterocycles. The van der Waals surface area contributed by atoms with Gasteiger partial charge in [0.1, 0.15) is 5.54 Å². The van der Waals surface area contributed by atoms with Crippen LogP contribution in [0.25, 0.3) is 0 Å². The highest BCUT2D eigenvalue weighted by Gasteiger charge is 2.43. The van der Waals surface area contributed by atoms with Crippen molar-refractivity contribution in [1.82, 2.24) is 10.2 Å². The highest BCUT2D eigenvalue weighted by Crippen LogP contribution is 2.30. The maximum Gasteiger partial charge on any atom is 0.329 e. The lowest BCUT2D eigenvalue weighted by molar-refractivity contribution is -0.147. The number of nitrogens with one attached hydrogen (secondary N) is 1. The van der Waals surface area contributed by atoms with E-state index in [2.05, 4.69) is 5.32 Å². The second-order valence-corrected chi connectivity index (χ2v) is 6.20. The summed E-state index contributed by atoms with van der Waals surface area (Å²) in [6, 6.07) is 6.51. The van der Waals surface area contributed by atoms with Crippen LogP contribution in [0.3, 0.4) is 0 Å². The minimum absolute atomic E-state index is 0.0616. The first-order valence-corrected chi connectivity index (χ1v) is 7.94. The first-order chi connectivity index (χ1) is 11.4. The first-order valence-electron chi connectivity index (χ1n) is 7.94. The molecule has 1 aromatic carbocycles. The van der Waals surface area contributed by atoms with Gasteiger partial charge >= 0.3 is 5.97 Å². The number of aliphatic carboxylic acids is 1. The standard InChI is InChI=1S/C17H18N2O5/c20-13(18-17(16(23)24)8-3-4-9-17)7-10-19-14(21)11-5-1-2-6-12(11)15(19)22/h1-2,5-6H,3-4,7-10H2,(H,18,20)(H,23,24). The van der Waals surface area contributed by atoms with Crippen LogP contribution in [0, 0.1) is 0 Å². The lowest BCUT2D eigenvalue weighted by Crippen LogP contribution is -2.53. The van der Waals surface area contributed by atoms with E-state index in [-0.39, 0.29) is 13.0 Å². The summed E-state index contributed by atoms with van der Waals surface area (Å²) in [6.07, 6.45) is 2.21. The van der Waals surface area contributed by atoms with Crippen molar-refractivity contribution in [2.75, 3.05) is 6.54 Å². The Hall–Kier alpha value is -2.70. The molecule has 1 aliphatic carbocycles. The number of imide groups is 1. The van der Waals surface area contributed by atoms with E-state index in [0.717, 1.165) is 17.7 Å². The van der Waals surface area contributed by atoms with Crippen molar-refractivity contribution in [3.05, 3.63) is 35.4 Å².